The predicted molar refractivity (Wildman–Crippen MR) is 121 cm³/mol. The van der Waals surface area contributed by atoms with Gasteiger partial charge in [0.25, 0.3) is 5.91 Å². The molecule has 2 heterocycles. The Morgan fingerprint density at radius 1 is 1.03 bits per heavy atom. The number of halogens is 1. The molecule has 7 nitrogen and oxygen atoms in total. The minimum Gasteiger partial charge on any atom is -0.497 e. The number of piperazine rings is 1. The molecule has 1 fully saturated rings. The first-order chi connectivity index (χ1) is 15.9. The smallest absolute Gasteiger partial charge is 0.339 e. The maximum Gasteiger partial charge on any atom is 0.339 e. The molecule has 1 aliphatic heterocycles. The van der Waals surface area contributed by atoms with E-state index in [1.807, 2.05) is 13.0 Å². The van der Waals surface area contributed by atoms with E-state index < -0.39 is 11.4 Å². The van der Waals surface area contributed by atoms with Gasteiger partial charge in [0.2, 0.25) is 5.91 Å². The second-order valence-corrected chi connectivity index (χ2v) is 8.04. The molecule has 2 aromatic carbocycles. The molecule has 1 aromatic heterocycles. The fourth-order valence-electron chi connectivity index (χ4n) is 4.11. The lowest BCUT2D eigenvalue weighted by Gasteiger charge is -2.35. The lowest BCUT2D eigenvalue weighted by molar-refractivity contribution is -0.132. The third kappa shape index (κ3) is 4.74. The molecule has 8 heteroatoms. The van der Waals surface area contributed by atoms with Crippen LogP contribution < -0.4 is 10.4 Å². The fourth-order valence-corrected chi connectivity index (χ4v) is 4.11. The van der Waals surface area contributed by atoms with Crippen molar-refractivity contribution >= 4 is 22.8 Å². The Kier molecular flexibility index (Phi) is 6.44. The van der Waals surface area contributed by atoms with Gasteiger partial charge in [-0.2, -0.15) is 0 Å². The number of methoxy groups -OCH3 is 1. The van der Waals surface area contributed by atoms with Gasteiger partial charge < -0.3 is 19.0 Å². The van der Waals surface area contributed by atoms with Crippen LogP contribution in [0, 0.1) is 12.7 Å². The summed E-state index contributed by atoms with van der Waals surface area (Å²) in [6, 6.07) is 10.8. The number of nitrogens with zero attached hydrogens (tertiary/aromatic N) is 2. The largest absolute Gasteiger partial charge is 0.497 e. The van der Waals surface area contributed by atoms with Crippen molar-refractivity contribution in [3.8, 4) is 5.75 Å². The number of fused-ring (bicyclic) bond motifs is 1. The molecule has 0 N–H and O–H groups in total. The third-order valence-corrected chi connectivity index (χ3v) is 6.09. The van der Waals surface area contributed by atoms with Crippen molar-refractivity contribution in [3.63, 3.8) is 0 Å². The second kappa shape index (κ2) is 9.44. The minimum atomic E-state index is -0.448. The quantitative estimate of drug-likeness (QED) is 0.556. The number of carbonyl (C=O) groups excluding carboxylic acids is 2. The van der Waals surface area contributed by atoms with E-state index in [1.165, 1.54) is 24.3 Å². The maximum absolute atomic E-state index is 13.1. The summed E-state index contributed by atoms with van der Waals surface area (Å²) in [5.41, 5.74) is 1.72. The van der Waals surface area contributed by atoms with E-state index in [4.69, 9.17) is 9.15 Å². The Bertz CT molecular complexity index is 1240. The number of amides is 2. The van der Waals surface area contributed by atoms with Gasteiger partial charge in [-0.15, -0.1) is 0 Å². The molecule has 0 aliphatic carbocycles. The predicted octanol–water partition coefficient (Wildman–Crippen LogP) is 3.17. The van der Waals surface area contributed by atoms with Gasteiger partial charge in [-0.1, -0.05) is 0 Å². The van der Waals surface area contributed by atoms with E-state index in [2.05, 4.69) is 0 Å². The molecule has 1 aliphatic rings. The average Bonchev–Trinajstić information content (AvgIpc) is 2.83. The number of aryl methyl sites for hydroxylation is 1. The summed E-state index contributed by atoms with van der Waals surface area (Å²) in [4.78, 5) is 41.2. The van der Waals surface area contributed by atoms with Crippen LogP contribution in [0.15, 0.2) is 51.7 Å². The van der Waals surface area contributed by atoms with Gasteiger partial charge >= 0.3 is 5.63 Å². The van der Waals surface area contributed by atoms with Crippen LogP contribution in [-0.4, -0.2) is 54.9 Å². The third-order valence-electron chi connectivity index (χ3n) is 6.09. The summed E-state index contributed by atoms with van der Waals surface area (Å²) in [5.74, 6) is -0.0388. The Balaban J connectivity index is 1.37. The first kappa shape index (κ1) is 22.5. The van der Waals surface area contributed by atoms with Gasteiger partial charge in [-0.3, -0.25) is 9.59 Å². The molecule has 0 radical (unpaired) electrons. The van der Waals surface area contributed by atoms with Crippen molar-refractivity contribution < 1.29 is 23.1 Å². The van der Waals surface area contributed by atoms with Gasteiger partial charge in [-0.25, -0.2) is 9.18 Å². The van der Waals surface area contributed by atoms with Gasteiger partial charge in [0.05, 0.1) is 7.11 Å². The first-order valence-electron chi connectivity index (χ1n) is 10.8. The summed E-state index contributed by atoms with van der Waals surface area (Å²) in [7, 11) is 1.55. The van der Waals surface area contributed by atoms with E-state index >= 15 is 0 Å². The normalized spacial score (nSPS) is 13.9. The van der Waals surface area contributed by atoms with Crippen LogP contribution in [0.1, 0.15) is 27.9 Å². The van der Waals surface area contributed by atoms with Crippen molar-refractivity contribution in [2.75, 3.05) is 33.3 Å². The van der Waals surface area contributed by atoms with E-state index in [-0.39, 0.29) is 24.7 Å². The molecular formula is C25H25FN2O5. The van der Waals surface area contributed by atoms with Crippen LogP contribution in [0.4, 0.5) is 4.39 Å². The molecule has 1 saturated heterocycles. The molecule has 2 amide bonds. The number of hydrogen-bond acceptors (Lipinski definition) is 5. The monoisotopic (exact) mass is 452 g/mol. The second-order valence-electron chi connectivity index (χ2n) is 8.04. The zero-order chi connectivity index (χ0) is 23.5. The summed E-state index contributed by atoms with van der Waals surface area (Å²) in [5, 5.41) is 0.811. The van der Waals surface area contributed by atoms with E-state index in [0.717, 1.165) is 10.9 Å². The fraction of sp³-hybridized carbons (Fsp3) is 0.320. The minimum absolute atomic E-state index is 0.0718. The van der Waals surface area contributed by atoms with E-state index in [1.54, 1.807) is 29.0 Å². The van der Waals surface area contributed by atoms with Crippen LogP contribution >= 0.6 is 0 Å². The highest BCUT2D eigenvalue weighted by molar-refractivity contribution is 5.94. The first-order valence-corrected chi connectivity index (χ1v) is 10.8. The summed E-state index contributed by atoms with van der Waals surface area (Å²) in [6.07, 6.45) is 0.461. The van der Waals surface area contributed by atoms with Crippen molar-refractivity contribution in [1.82, 2.24) is 9.80 Å². The Morgan fingerprint density at radius 3 is 2.36 bits per heavy atom. The molecule has 0 unspecified atom stereocenters. The van der Waals surface area contributed by atoms with Crippen LogP contribution in [0.5, 0.6) is 5.75 Å². The maximum atomic E-state index is 13.1. The van der Waals surface area contributed by atoms with Crippen LogP contribution in [0.25, 0.3) is 11.0 Å². The van der Waals surface area contributed by atoms with Gasteiger partial charge in [0.1, 0.15) is 17.1 Å². The van der Waals surface area contributed by atoms with Crippen molar-refractivity contribution in [2.24, 2.45) is 0 Å². The highest BCUT2D eigenvalue weighted by atomic mass is 19.1. The molecule has 33 heavy (non-hydrogen) atoms. The lowest BCUT2D eigenvalue weighted by atomic mass is 10.0. The van der Waals surface area contributed by atoms with Gasteiger partial charge in [-0.05, 0) is 55.3 Å². The zero-order valence-electron chi connectivity index (χ0n) is 18.6. The molecule has 0 atom stereocenters. The summed E-state index contributed by atoms with van der Waals surface area (Å²) in [6.45, 7) is 3.49. The molecule has 172 valence electrons. The van der Waals surface area contributed by atoms with Crippen LogP contribution in [0.3, 0.4) is 0 Å². The summed E-state index contributed by atoms with van der Waals surface area (Å²) >= 11 is 0. The molecule has 0 saturated carbocycles. The number of benzene rings is 2. The standard InChI is InChI=1S/C25H25FN2O5/c1-16-20-8-7-19(32-2)15-22(20)33-25(31)21(16)9-10-23(29)27-11-13-28(14-12-27)24(30)17-3-5-18(26)6-4-17/h3-8,15H,9-14H2,1-2H3. The lowest BCUT2D eigenvalue weighted by Crippen LogP contribution is -2.50. The van der Waals surface area contributed by atoms with E-state index in [9.17, 15) is 18.8 Å². The number of ether oxygens (including phenoxy) is 1. The van der Waals surface area contributed by atoms with Gasteiger partial charge in [0, 0.05) is 55.2 Å². The Hall–Kier alpha value is -3.68. The molecular weight excluding hydrogens is 427 g/mol. The van der Waals surface area contributed by atoms with Crippen LogP contribution in [0.2, 0.25) is 0 Å². The van der Waals surface area contributed by atoms with Crippen molar-refractivity contribution in [1.29, 1.82) is 0 Å². The molecule has 0 bridgehead atoms. The number of hydrogen-bond donors (Lipinski definition) is 0. The topological polar surface area (TPSA) is 80.1 Å². The average molecular weight is 452 g/mol. The Morgan fingerprint density at radius 2 is 1.70 bits per heavy atom. The van der Waals surface area contributed by atoms with E-state index in [0.29, 0.717) is 48.6 Å². The van der Waals surface area contributed by atoms with Crippen molar-refractivity contribution in [3.05, 3.63) is 75.4 Å². The number of rotatable bonds is 5. The van der Waals surface area contributed by atoms with Crippen LogP contribution in [-0.2, 0) is 11.2 Å². The SMILES string of the molecule is COc1ccc2c(C)c(CCC(=O)N3CCN(C(=O)c4ccc(F)cc4)CC3)c(=O)oc2c1. The highest BCUT2D eigenvalue weighted by Crippen LogP contribution is 2.24. The molecule has 4 rings (SSSR count). The Labute approximate surface area is 190 Å². The molecule has 3 aromatic rings. The number of carbonyl (C=O) groups is 2. The molecule has 0 spiro atoms. The summed E-state index contributed by atoms with van der Waals surface area (Å²) < 4.78 is 23.7. The van der Waals surface area contributed by atoms with Crippen molar-refractivity contribution in [2.45, 2.75) is 19.8 Å². The zero-order valence-corrected chi connectivity index (χ0v) is 18.6. The highest BCUT2D eigenvalue weighted by Gasteiger charge is 2.25. The van der Waals surface area contributed by atoms with Gasteiger partial charge in [0.15, 0.2) is 0 Å².